The maximum absolute atomic E-state index is 11.9. The van der Waals surface area contributed by atoms with Gasteiger partial charge in [-0.2, -0.15) is 0 Å². The highest BCUT2D eigenvalue weighted by Crippen LogP contribution is 2.18. The molecule has 0 aromatic heterocycles. The van der Waals surface area contributed by atoms with E-state index in [-0.39, 0.29) is 29.9 Å². The van der Waals surface area contributed by atoms with Gasteiger partial charge in [0.2, 0.25) is 5.91 Å². The zero-order chi connectivity index (χ0) is 16.9. The van der Waals surface area contributed by atoms with Gasteiger partial charge in [0.15, 0.2) is 5.96 Å². The maximum atomic E-state index is 11.9. The molecule has 7 nitrogen and oxygen atoms in total. The Balaban J connectivity index is 0.00000288. The van der Waals surface area contributed by atoms with Crippen molar-refractivity contribution in [3.63, 3.8) is 0 Å². The Morgan fingerprint density at radius 1 is 1.29 bits per heavy atom. The number of hydrogen-bond donors (Lipinski definition) is 2. The minimum Gasteiger partial charge on any atom is -0.379 e. The fourth-order valence-electron chi connectivity index (χ4n) is 3.23. The van der Waals surface area contributed by atoms with Crippen LogP contribution in [0.3, 0.4) is 0 Å². The Morgan fingerprint density at radius 2 is 1.96 bits per heavy atom. The third kappa shape index (κ3) is 5.45. The standard InChI is InChI=1S/C16H31N5O2.HI/c1-16(2,14(22)17-3)12-19-15(18-4)21-6-5-13(11-21)20-7-9-23-10-8-20;/h13H,5-12H2,1-4H3,(H,17,22)(H,18,19);1H. The van der Waals surface area contributed by atoms with Gasteiger partial charge in [-0.3, -0.25) is 14.7 Å². The molecule has 8 heteroatoms. The van der Waals surface area contributed by atoms with Gasteiger partial charge in [-0.1, -0.05) is 0 Å². The lowest BCUT2D eigenvalue weighted by atomic mass is 9.92. The minimum atomic E-state index is -0.464. The molecule has 1 atom stereocenters. The highest BCUT2D eigenvalue weighted by Gasteiger charge is 2.32. The molecule has 0 aromatic carbocycles. The van der Waals surface area contributed by atoms with Crippen LogP contribution in [0.15, 0.2) is 4.99 Å². The second kappa shape index (κ2) is 9.76. The quantitative estimate of drug-likeness (QED) is 0.366. The zero-order valence-electron chi connectivity index (χ0n) is 15.3. The summed E-state index contributed by atoms with van der Waals surface area (Å²) >= 11 is 0. The first kappa shape index (κ1) is 21.4. The Hall–Kier alpha value is -0.610. The van der Waals surface area contributed by atoms with Crippen molar-refractivity contribution in [2.45, 2.75) is 26.3 Å². The molecule has 2 N–H and O–H groups in total. The number of aliphatic imine (C=N–C) groups is 1. The summed E-state index contributed by atoms with van der Waals surface area (Å²) in [6, 6.07) is 0.574. The van der Waals surface area contributed by atoms with E-state index in [1.54, 1.807) is 14.1 Å². The second-order valence-electron chi connectivity index (χ2n) is 6.90. The van der Waals surface area contributed by atoms with E-state index in [0.717, 1.165) is 51.8 Å². The summed E-state index contributed by atoms with van der Waals surface area (Å²) in [7, 11) is 3.48. The van der Waals surface area contributed by atoms with Crippen molar-refractivity contribution in [3.05, 3.63) is 0 Å². The Morgan fingerprint density at radius 3 is 2.54 bits per heavy atom. The highest BCUT2D eigenvalue weighted by atomic mass is 127. The van der Waals surface area contributed by atoms with Gasteiger partial charge in [0, 0.05) is 52.9 Å². The smallest absolute Gasteiger partial charge is 0.227 e. The van der Waals surface area contributed by atoms with Gasteiger partial charge in [-0.05, 0) is 20.3 Å². The van der Waals surface area contributed by atoms with Gasteiger partial charge in [-0.25, -0.2) is 0 Å². The molecule has 24 heavy (non-hydrogen) atoms. The number of nitrogens with one attached hydrogen (secondary N) is 2. The minimum absolute atomic E-state index is 0. The van der Waals surface area contributed by atoms with E-state index < -0.39 is 5.41 Å². The van der Waals surface area contributed by atoms with E-state index in [4.69, 9.17) is 4.74 Å². The third-order valence-corrected chi connectivity index (χ3v) is 4.77. The van der Waals surface area contributed by atoms with Crippen molar-refractivity contribution >= 4 is 35.8 Å². The van der Waals surface area contributed by atoms with Crippen LogP contribution in [0.4, 0.5) is 0 Å². The summed E-state index contributed by atoms with van der Waals surface area (Å²) in [4.78, 5) is 21.1. The van der Waals surface area contributed by atoms with Crippen LogP contribution in [0.1, 0.15) is 20.3 Å². The SMILES string of the molecule is CN=C(NCC(C)(C)C(=O)NC)N1CCC(N2CCOCC2)C1.I. The van der Waals surface area contributed by atoms with E-state index >= 15 is 0 Å². The Labute approximate surface area is 162 Å². The second-order valence-corrected chi connectivity index (χ2v) is 6.90. The van der Waals surface area contributed by atoms with Gasteiger partial charge in [-0.15, -0.1) is 24.0 Å². The van der Waals surface area contributed by atoms with Crippen molar-refractivity contribution in [2.24, 2.45) is 10.4 Å². The van der Waals surface area contributed by atoms with Crippen LogP contribution in [-0.4, -0.2) is 87.7 Å². The number of morpholine rings is 1. The third-order valence-electron chi connectivity index (χ3n) is 4.77. The van der Waals surface area contributed by atoms with Gasteiger partial charge in [0.05, 0.1) is 18.6 Å². The number of nitrogens with zero attached hydrogens (tertiary/aromatic N) is 3. The van der Waals surface area contributed by atoms with Crippen molar-refractivity contribution in [1.29, 1.82) is 0 Å². The van der Waals surface area contributed by atoms with Crippen LogP contribution < -0.4 is 10.6 Å². The van der Waals surface area contributed by atoms with E-state index in [1.807, 2.05) is 13.8 Å². The Kier molecular flexibility index (Phi) is 8.72. The number of likely N-dealkylation sites (tertiary alicyclic amines) is 1. The van der Waals surface area contributed by atoms with Crippen molar-refractivity contribution < 1.29 is 9.53 Å². The van der Waals surface area contributed by atoms with Crippen molar-refractivity contribution in [2.75, 3.05) is 60.0 Å². The molecule has 2 fully saturated rings. The number of ether oxygens (including phenoxy) is 1. The lowest BCUT2D eigenvalue weighted by Gasteiger charge is -2.32. The van der Waals surface area contributed by atoms with E-state index in [9.17, 15) is 4.79 Å². The van der Waals surface area contributed by atoms with Crippen molar-refractivity contribution in [1.82, 2.24) is 20.4 Å². The first-order valence-electron chi connectivity index (χ1n) is 8.47. The van der Waals surface area contributed by atoms with Gasteiger partial charge >= 0.3 is 0 Å². The molecule has 2 aliphatic rings. The molecule has 2 heterocycles. The predicted molar refractivity (Wildman–Crippen MR) is 107 cm³/mol. The molecule has 1 amide bonds. The lowest BCUT2D eigenvalue weighted by molar-refractivity contribution is -0.128. The fourth-order valence-corrected chi connectivity index (χ4v) is 3.23. The van der Waals surface area contributed by atoms with Gasteiger partial charge in [0.25, 0.3) is 0 Å². The summed E-state index contributed by atoms with van der Waals surface area (Å²) in [5.74, 6) is 0.922. The van der Waals surface area contributed by atoms with Crippen LogP contribution in [0.2, 0.25) is 0 Å². The summed E-state index contributed by atoms with van der Waals surface area (Å²) in [5, 5.41) is 6.08. The molecule has 0 radical (unpaired) electrons. The van der Waals surface area contributed by atoms with Gasteiger partial charge < -0.3 is 20.3 Å². The first-order chi connectivity index (χ1) is 11.0. The molecule has 2 saturated heterocycles. The Bertz CT molecular complexity index is 438. The van der Waals surface area contributed by atoms with E-state index in [2.05, 4.69) is 25.4 Å². The molecule has 140 valence electrons. The number of hydrogen-bond acceptors (Lipinski definition) is 4. The number of carbonyl (C=O) groups is 1. The molecule has 0 saturated carbocycles. The maximum Gasteiger partial charge on any atom is 0.227 e. The number of amides is 1. The summed E-state index contributed by atoms with van der Waals surface area (Å²) < 4.78 is 5.43. The molecular formula is C16H32IN5O2. The molecule has 0 spiro atoms. The number of halogens is 1. The molecule has 2 aliphatic heterocycles. The monoisotopic (exact) mass is 453 g/mol. The van der Waals surface area contributed by atoms with Crippen LogP contribution in [0.25, 0.3) is 0 Å². The first-order valence-corrected chi connectivity index (χ1v) is 8.47. The molecule has 1 unspecified atom stereocenters. The molecule has 0 bridgehead atoms. The fraction of sp³-hybridized carbons (Fsp3) is 0.875. The largest absolute Gasteiger partial charge is 0.379 e. The van der Waals surface area contributed by atoms with Crippen LogP contribution in [0.5, 0.6) is 0 Å². The van der Waals surface area contributed by atoms with Crippen LogP contribution in [-0.2, 0) is 9.53 Å². The molecule has 2 rings (SSSR count). The highest BCUT2D eigenvalue weighted by molar-refractivity contribution is 14.0. The van der Waals surface area contributed by atoms with Gasteiger partial charge in [0.1, 0.15) is 0 Å². The molecule has 0 aliphatic carbocycles. The zero-order valence-corrected chi connectivity index (χ0v) is 17.6. The molecular weight excluding hydrogens is 421 g/mol. The number of carbonyl (C=O) groups excluding carboxylic acids is 1. The van der Waals surface area contributed by atoms with E-state index in [0.29, 0.717) is 12.6 Å². The summed E-state index contributed by atoms with van der Waals surface area (Å²) in [5.41, 5.74) is -0.464. The predicted octanol–water partition coefficient (Wildman–Crippen LogP) is 0.359. The summed E-state index contributed by atoms with van der Waals surface area (Å²) in [6.45, 7) is 10.1. The number of guanidine groups is 1. The van der Waals surface area contributed by atoms with Crippen LogP contribution in [0, 0.1) is 5.41 Å². The van der Waals surface area contributed by atoms with Crippen molar-refractivity contribution in [3.8, 4) is 0 Å². The normalized spacial score (nSPS) is 22.9. The lowest BCUT2D eigenvalue weighted by Crippen LogP contribution is -2.49. The molecule has 0 aromatic rings. The topological polar surface area (TPSA) is 69.2 Å². The average Bonchev–Trinajstić information content (AvgIpc) is 3.05. The average molecular weight is 453 g/mol. The van der Waals surface area contributed by atoms with E-state index in [1.165, 1.54) is 0 Å². The van der Waals surface area contributed by atoms with Crippen LogP contribution >= 0.6 is 24.0 Å². The summed E-state index contributed by atoms with van der Waals surface area (Å²) in [6.07, 6.45) is 1.15. The number of rotatable bonds is 4.